The first kappa shape index (κ1) is 24.5. The summed E-state index contributed by atoms with van der Waals surface area (Å²) in [4.78, 5) is 21.0. The van der Waals surface area contributed by atoms with Crippen molar-refractivity contribution in [1.29, 1.82) is 0 Å². The average Bonchev–Trinajstić information content (AvgIpc) is 3.24. The molecule has 1 heterocycles. The predicted molar refractivity (Wildman–Crippen MR) is 141 cm³/mol. The summed E-state index contributed by atoms with van der Waals surface area (Å²) < 4.78 is 7.78. The minimum Gasteiger partial charge on any atom is -0.496 e. The second-order valence-electron chi connectivity index (χ2n) is 9.06. The molecule has 182 valence electrons. The summed E-state index contributed by atoms with van der Waals surface area (Å²) in [7, 11) is 1.59. The molecule has 1 amide bonds. The molecule has 2 N–H and O–H groups in total. The third-order valence-electron chi connectivity index (χ3n) is 6.30. The first-order valence-electron chi connectivity index (χ1n) is 12.2. The number of ether oxygens (including phenoxy) is 1. The van der Waals surface area contributed by atoms with Crippen LogP contribution in [0.25, 0.3) is 11.0 Å². The minimum atomic E-state index is -0.241. The van der Waals surface area contributed by atoms with Crippen LogP contribution in [0.2, 0.25) is 0 Å². The van der Waals surface area contributed by atoms with Gasteiger partial charge in [-0.2, -0.15) is 0 Å². The number of nitrogens with zero attached hydrogens (tertiary/aromatic N) is 3. The molecule has 6 heteroatoms. The van der Waals surface area contributed by atoms with Crippen molar-refractivity contribution in [1.82, 2.24) is 14.5 Å². The highest BCUT2D eigenvalue weighted by atomic mass is 16.5. The molecule has 4 aromatic rings. The lowest BCUT2D eigenvalue weighted by molar-refractivity contribution is 0.0602. The molecule has 0 aliphatic rings. The van der Waals surface area contributed by atoms with E-state index in [1.165, 1.54) is 5.56 Å². The molecular formula is C29H34N4O2. The van der Waals surface area contributed by atoms with Crippen molar-refractivity contribution in [2.75, 3.05) is 20.2 Å². The van der Waals surface area contributed by atoms with Gasteiger partial charge in [0.25, 0.3) is 5.91 Å². The van der Waals surface area contributed by atoms with E-state index in [2.05, 4.69) is 36.6 Å². The third kappa shape index (κ3) is 5.23. The normalized spacial score (nSPS) is 12.1. The lowest BCUT2D eigenvalue weighted by Crippen LogP contribution is -2.40. The van der Waals surface area contributed by atoms with E-state index in [1.807, 2.05) is 65.6 Å². The van der Waals surface area contributed by atoms with Crippen LogP contribution < -0.4 is 10.5 Å². The number of rotatable bonds is 10. The molecule has 1 atom stereocenters. The zero-order chi connectivity index (χ0) is 24.8. The number of benzene rings is 3. The van der Waals surface area contributed by atoms with Crippen LogP contribution in [0.15, 0.2) is 78.9 Å². The van der Waals surface area contributed by atoms with Crippen molar-refractivity contribution in [3.8, 4) is 5.75 Å². The van der Waals surface area contributed by atoms with E-state index in [4.69, 9.17) is 15.5 Å². The maximum absolute atomic E-state index is 14.0. The van der Waals surface area contributed by atoms with Crippen LogP contribution in [-0.4, -0.2) is 40.6 Å². The molecule has 6 nitrogen and oxygen atoms in total. The molecule has 1 aromatic heterocycles. The third-order valence-corrected chi connectivity index (χ3v) is 6.30. The molecule has 0 bridgehead atoms. The summed E-state index contributed by atoms with van der Waals surface area (Å²) >= 11 is 0. The molecule has 0 saturated carbocycles. The highest BCUT2D eigenvalue weighted by Gasteiger charge is 2.33. The van der Waals surface area contributed by atoms with Gasteiger partial charge in [0.05, 0.1) is 29.7 Å². The monoisotopic (exact) mass is 470 g/mol. The summed E-state index contributed by atoms with van der Waals surface area (Å²) in [5.74, 6) is 1.49. The number of hydrogen-bond donors (Lipinski definition) is 1. The smallest absolute Gasteiger partial charge is 0.258 e. The van der Waals surface area contributed by atoms with Crippen molar-refractivity contribution in [2.24, 2.45) is 11.7 Å². The van der Waals surface area contributed by atoms with Crippen LogP contribution in [0, 0.1) is 5.92 Å². The Morgan fingerprint density at radius 1 is 1.00 bits per heavy atom. The van der Waals surface area contributed by atoms with Crippen molar-refractivity contribution < 1.29 is 9.53 Å². The predicted octanol–water partition coefficient (Wildman–Crippen LogP) is 5.28. The fourth-order valence-electron chi connectivity index (χ4n) is 4.65. The summed E-state index contributed by atoms with van der Waals surface area (Å²) in [5, 5.41) is 0. The average molecular weight is 471 g/mol. The van der Waals surface area contributed by atoms with Gasteiger partial charge in [-0.3, -0.25) is 4.79 Å². The zero-order valence-corrected chi connectivity index (χ0v) is 20.7. The molecule has 0 radical (unpaired) electrons. The maximum atomic E-state index is 14.0. The van der Waals surface area contributed by atoms with Gasteiger partial charge in [-0.05, 0) is 48.7 Å². The largest absolute Gasteiger partial charge is 0.496 e. The van der Waals surface area contributed by atoms with Crippen LogP contribution in [0.5, 0.6) is 5.75 Å². The van der Waals surface area contributed by atoms with Gasteiger partial charge in [0.15, 0.2) is 0 Å². The van der Waals surface area contributed by atoms with Crippen LogP contribution in [0.3, 0.4) is 0 Å². The number of amides is 1. The molecule has 0 saturated heterocycles. The Morgan fingerprint density at radius 2 is 1.69 bits per heavy atom. The molecule has 3 aromatic carbocycles. The van der Waals surface area contributed by atoms with Crippen LogP contribution >= 0.6 is 0 Å². The van der Waals surface area contributed by atoms with E-state index in [-0.39, 0.29) is 17.9 Å². The van der Waals surface area contributed by atoms with Gasteiger partial charge in [-0.1, -0.05) is 68.4 Å². The van der Waals surface area contributed by atoms with Gasteiger partial charge in [0.1, 0.15) is 11.6 Å². The topological polar surface area (TPSA) is 73.4 Å². The second-order valence-corrected chi connectivity index (χ2v) is 9.06. The molecule has 4 rings (SSSR count). The van der Waals surface area contributed by atoms with E-state index >= 15 is 0 Å². The summed E-state index contributed by atoms with van der Waals surface area (Å²) in [6, 6.07) is 25.7. The van der Waals surface area contributed by atoms with E-state index in [0.717, 1.165) is 16.9 Å². The number of imidazole rings is 1. The number of methoxy groups -OCH3 is 1. The van der Waals surface area contributed by atoms with E-state index < -0.39 is 0 Å². The van der Waals surface area contributed by atoms with Crippen LogP contribution in [0.1, 0.15) is 48.1 Å². The van der Waals surface area contributed by atoms with Gasteiger partial charge >= 0.3 is 0 Å². The number of fused-ring (bicyclic) bond motifs is 1. The fraction of sp³-hybridized carbons (Fsp3) is 0.310. The molecular weight excluding hydrogens is 436 g/mol. The highest BCUT2D eigenvalue weighted by molar-refractivity contribution is 5.97. The number of nitrogens with two attached hydrogens (primary N) is 1. The molecule has 0 aliphatic heterocycles. The maximum Gasteiger partial charge on any atom is 0.258 e. The van der Waals surface area contributed by atoms with Crippen molar-refractivity contribution in [3.63, 3.8) is 0 Å². The zero-order valence-electron chi connectivity index (χ0n) is 20.7. The summed E-state index contributed by atoms with van der Waals surface area (Å²) in [5.41, 5.74) is 9.61. The molecule has 1 unspecified atom stereocenters. The Balaban J connectivity index is 1.85. The lowest BCUT2D eigenvalue weighted by Gasteiger charge is -2.35. The van der Waals surface area contributed by atoms with Crippen LogP contribution in [-0.2, 0) is 6.54 Å². The Labute approximate surface area is 207 Å². The molecule has 0 spiro atoms. The van der Waals surface area contributed by atoms with Gasteiger partial charge in [-0.25, -0.2) is 4.98 Å². The Morgan fingerprint density at radius 3 is 2.40 bits per heavy atom. The van der Waals surface area contributed by atoms with E-state index in [0.29, 0.717) is 37.4 Å². The van der Waals surface area contributed by atoms with Crippen molar-refractivity contribution in [3.05, 3.63) is 95.8 Å². The number of hydrogen-bond acceptors (Lipinski definition) is 4. The first-order chi connectivity index (χ1) is 17.0. The van der Waals surface area contributed by atoms with Crippen molar-refractivity contribution >= 4 is 16.9 Å². The number of aromatic nitrogens is 2. The Bertz CT molecular complexity index is 1270. The second kappa shape index (κ2) is 11.2. The minimum absolute atomic E-state index is 0.0760. The van der Waals surface area contributed by atoms with Crippen molar-refractivity contribution in [2.45, 2.75) is 32.9 Å². The molecule has 0 aliphatic carbocycles. The first-order valence-corrected chi connectivity index (χ1v) is 12.2. The quantitative estimate of drug-likeness (QED) is 0.342. The number of para-hydroxylation sites is 3. The fourth-order valence-corrected chi connectivity index (χ4v) is 4.65. The molecule has 35 heavy (non-hydrogen) atoms. The Hall–Kier alpha value is -3.64. The van der Waals surface area contributed by atoms with Gasteiger partial charge in [-0.15, -0.1) is 0 Å². The van der Waals surface area contributed by atoms with Gasteiger partial charge < -0.3 is 19.9 Å². The standard InChI is InChI=1S/C29H34N4O2/c1-21(2)27(32(19-11-18-30)29(34)23-14-7-10-17-26(23)35-3)28-31-24-15-8-9-16-25(24)33(28)20-22-12-5-4-6-13-22/h4-10,12-17,21,27H,11,18-20,30H2,1-3H3. The SMILES string of the molecule is COc1ccccc1C(=O)N(CCCN)C(c1nc2ccccc2n1Cc1ccccc1)C(C)C. The summed E-state index contributed by atoms with van der Waals surface area (Å²) in [6.07, 6.45) is 0.697. The highest BCUT2D eigenvalue weighted by Crippen LogP contribution is 2.34. The number of carbonyl (C=O) groups excluding carboxylic acids is 1. The summed E-state index contributed by atoms with van der Waals surface area (Å²) in [6.45, 7) is 5.99. The van der Waals surface area contributed by atoms with E-state index in [9.17, 15) is 4.79 Å². The van der Waals surface area contributed by atoms with Crippen LogP contribution in [0.4, 0.5) is 0 Å². The lowest BCUT2D eigenvalue weighted by atomic mass is 9.99. The Kier molecular flexibility index (Phi) is 7.83. The van der Waals surface area contributed by atoms with E-state index in [1.54, 1.807) is 7.11 Å². The van der Waals surface area contributed by atoms with Gasteiger partial charge in [0, 0.05) is 13.1 Å². The van der Waals surface area contributed by atoms with Gasteiger partial charge in [0.2, 0.25) is 0 Å². The number of carbonyl (C=O) groups is 1. The molecule has 0 fully saturated rings.